The summed E-state index contributed by atoms with van der Waals surface area (Å²) in [6.45, 7) is 1.54. The quantitative estimate of drug-likeness (QED) is 0.741. The molecule has 1 aromatic rings. The number of rotatable bonds is 6. The Morgan fingerprint density at radius 3 is 3.00 bits per heavy atom. The predicted octanol–water partition coefficient (Wildman–Crippen LogP) is 1.34. The molecule has 0 saturated carbocycles. The van der Waals surface area contributed by atoms with Gasteiger partial charge < -0.3 is 15.7 Å². The Bertz CT molecular complexity index is 450. The molecule has 0 aliphatic carbocycles. The number of thiophene rings is 1. The largest absolute Gasteiger partial charge is 0.396 e. The van der Waals surface area contributed by atoms with Gasteiger partial charge in [0.2, 0.25) is 0 Å². The molecule has 0 spiro atoms. The van der Waals surface area contributed by atoms with E-state index < -0.39 is 0 Å². The summed E-state index contributed by atoms with van der Waals surface area (Å²) in [5.74, 6) is 0.243. The van der Waals surface area contributed by atoms with Crippen molar-refractivity contribution in [1.82, 2.24) is 15.5 Å². The molecule has 2 heterocycles. The Hall–Kier alpha value is -1.60. The van der Waals surface area contributed by atoms with Gasteiger partial charge in [0, 0.05) is 31.1 Å². The third-order valence-electron chi connectivity index (χ3n) is 3.29. The van der Waals surface area contributed by atoms with Gasteiger partial charge in [-0.2, -0.15) is 0 Å². The average molecular weight is 297 g/mol. The van der Waals surface area contributed by atoms with Crippen LogP contribution in [-0.4, -0.2) is 48.3 Å². The molecule has 1 aliphatic rings. The van der Waals surface area contributed by atoms with Crippen LogP contribution in [0.15, 0.2) is 17.5 Å². The number of hydrogen-bond donors (Lipinski definition) is 3. The van der Waals surface area contributed by atoms with E-state index in [-0.39, 0.29) is 24.6 Å². The summed E-state index contributed by atoms with van der Waals surface area (Å²) in [7, 11) is 0. The lowest BCUT2D eigenvalue weighted by Gasteiger charge is -2.17. The van der Waals surface area contributed by atoms with Crippen molar-refractivity contribution in [2.45, 2.75) is 18.8 Å². The second-order valence-electron chi connectivity index (χ2n) is 4.63. The lowest BCUT2D eigenvalue weighted by molar-refractivity contribution is 0.198. The fraction of sp³-hybridized carbons (Fsp3) is 0.538. The van der Waals surface area contributed by atoms with Crippen LogP contribution in [0.5, 0.6) is 0 Å². The molecule has 3 N–H and O–H groups in total. The van der Waals surface area contributed by atoms with Gasteiger partial charge in [-0.15, -0.1) is 11.3 Å². The highest BCUT2D eigenvalue weighted by atomic mass is 32.1. The molecular weight excluding hydrogens is 278 g/mol. The Labute approximate surface area is 121 Å². The smallest absolute Gasteiger partial charge is 0.325 e. The molecule has 1 fully saturated rings. The summed E-state index contributed by atoms with van der Waals surface area (Å²) in [6, 6.07) is 3.33. The Morgan fingerprint density at radius 1 is 1.55 bits per heavy atom. The number of amides is 4. The molecule has 0 radical (unpaired) electrons. The van der Waals surface area contributed by atoms with Crippen molar-refractivity contribution < 1.29 is 14.7 Å². The molecule has 1 atom stereocenters. The van der Waals surface area contributed by atoms with Gasteiger partial charge >= 0.3 is 12.1 Å². The minimum atomic E-state index is -0.353. The van der Waals surface area contributed by atoms with E-state index in [0.717, 1.165) is 6.42 Å². The topological polar surface area (TPSA) is 81.7 Å². The molecule has 0 unspecified atom stereocenters. The molecule has 20 heavy (non-hydrogen) atoms. The van der Waals surface area contributed by atoms with Crippen molar-refractivity contribution >= 4 is 23.4 Å². The monoisotopic (exact) mass is 297 g/mol. The molecule has 1 aliphatic heterocycles. The van der Waals surface area contributed by atoms with E-state index >= 15 is 0 Å². The van der Waals surface area contributed by atoms with E-state index in [1.165, 1.54) is 9.78 Å². The molecule has 110 valence electrons. The van der Waals surface area contributed by atoms with Crippen molar-refractivity contribution in [1.29, 1.82) is 0 Å². The van der Waals surface area contributed by atoms with Crippen LogP contribution < -0.4 is 10.6 Å². The van der Waals surface area contributed by atoms with Crippen LogP contribution in [0, 0.1) is 0 Å². The molecular formula is C13H19N3O3S. The van der Waals surface area contributed by atoms with Gasteiger partial charge in [-0.3, -0.25) is 0 Å². The molecule has 6 nitrogen and oxygen atoms in total. The first-order valence-electron chi connectivity index (χ1n) is 6.70. The van der Waals surface area contributed by atoms with Gasteiger partial charge in [0.15, 0.2) is 0 Å². The summed E-state index contributed by atoms with van der Waals surface area (Å²) in [5, 5.41) is 16.5. The number of carbonyl (C=O) groups excluding carboxylic acids is 2. The SMILES string of the molecule is O=C(NCC[C@H](CCO)c1cccs1)N1CCNC1=O. The van der Waals surface area contributed by atoms with E-state index in [4.69, 9.17) is 5.11 Å². The van der Waals surface area contributed by atoms with Crippen molar-refractivity contribution in [3.63, 3.8) is 0 Å². The predicted molar refractivity (Wildman–Crippen MR) is 76.9 cm³/mol. The normalized spacial score (nSPS) is 16.1. The fourth-order valence-corrected chi connectivity index (χ4v) is 3.12. The van der Waals surface area contributed by atoms with Gasteiger partial charge in [0.05, 0.1) is 0 Å². The maximum absolute atomic E-state index is 11.8. The minimum Gasteiger partial charge on any atom is -0.396 e. The van der Waals surface area contributed by atoms with Crippen molar-refractivity contribution in [2.24, 2.45) is 0 Å². The Morgan fingerprint density at radius 2 is 2.40 bits per heavy atom. The van der Waals surface area contributed by atoms with Gasteiger partial charge in [-0.1, -0.05) is 6.07 Å². The van der Waals surface area contributed by atoms with Crippen LogP contribution in [-0.2, 0) is 0 Å². The fourth-order valence-electron chi connectivity index (χ4n) is 2.22. The maximum Gasteiger partial charge on any atom is 0.325 e. The summed E-state index contributed by atoms with van der Waals surface area (Å²) in [6.07, 6.45) is 1.43. The molecule has 0 bridgehead atoms. The van der Waals surface area contributed by atoms with E-state index in [0.29, 0.717) is 26.1 Å². The third-order valence-corrected chi connectivity index (χ3v) is 4.33. The Balaban J connectivity index is 1.78. The highest BCUT2D eigenvalue weighted by molar-refractivity contribution is 7.10. The molecule has 1 aromatic heterocycles. The lowest BCUT2D eigenvalue weighted by atomic mass is 10.00. The number of hydrogen-bond acceptors (Lipinski definition) is 4. The first-order valence-corrected chi connectivity index (χ1v) is 7.58. The van der Waals surface area contributed by atoms with Crippen molar-refractivity contribution in [3.8, 4) is 0 Å². The number of urea groups is 2. The second kappa shape index (κ2) is 7.25. The van der Waals surface area contributed by atoms with E-state index in [2.05, 4.69) is 10.6 Å². The summed E-state index contributed by atoms with van der Waals surface area (Å²) < 4.78 is 0. The zero-order chi connectivity index (χ0) is 14.4. The lowest BCUT2D eigenvalue weighted by Crippen LogP contribution is -2.42. The molecule has 7 heteroatoms. The number of aliphatic hydroxyl groups excluding tert-OH is 1. The number of carbonyl (C=O) groups is 2. The van der Waals surface area contributed by atoms with E-state index in [9.17, 15) is 9.59 Å². The summed E-state index contributed by atoms with van der Waals surface area (Å²) >= 11 is 1.66. The van der Waals surface area contributed by atoms with Crippen LogP contribution in [0.2, 0.25) is 0 Å². The average Bonchev–Trinajstić information content (AvgIpc) is 3.08. The molecule has 0 aromatic carbocycles. The number of aliphatic hydroxyl groups is 1. The molecule has 1 saturated heterocycles. The standard InChI is InChI=1S/C13H19N3O3S/c17-8-4-10(11-2-1-9-20-11)3-5-14-12(18)16-7-6-15-13(16)19/h1-2,9-10,17H,3-8H2,(H,14,18)(H,15,19)/t10-/m1/s1. The number of nitrogens with zero attached hydrogens (tertiary/aromatic N) is 1. The van der Waals surface area contributed by atoms with Crippen LogP contribution in [0.25, 0.3) is 0 Å². The van der Waals surface area contributed by atoms with Crippen LogP contribution in [0.3, 0.4) is 0 Å². The summed E-state index contributed by atoms with van der Waals surface area (Å²) in [5.41, 5.74) is 0. The van der Waals surface area contributed by atoms with Crippen LogP contribution >= 0.6 is 11.3 Å². The number of imide groups is 1. The van der Waals surface area contributed by atoms with Gasteiger partial charge in [-0.05, 0) is 30.2 Å². The molecule has 4 amide bonds. The zero-order valence-electron chi connectivity index (χ0n) is 11.2. The first kappa shape index (κ1) is 14.8. The second-order valence-corrected chi connectivity index (χ2v) is 5.61. The van der Waals surface area contributed by atoms with Gasteiger partial charge in [0.25, 0.3) is 0 Å². The van der Waals surface area contributed by atoms with Crippen LogP contribution in [0.1, 0.15) is 23.6 Å². The highest BCUT2D eigenvalue weighted by Gasteiger charge is 2.25. The Kier molecular flexibility index (Phi) is 5.37. The number of nitrogens with one attached hydrogen (secondary N) is 2. The maximum atomic E-state index is 11.8. The molecule has 2 rings (SSSR count). The van der Waals surface area contributed by atoms with E-state index in [1.54, 1.807) is 11.3 Å². The van der Waals surface area contributed by atoms with Gasteiger partial charge in [0.1, 0.15) is 0 Å². The van der Waals surface area contributed by atoms with E-state index in [1.807, 2.05) is 17.5 Å². The first-order chi connectivity index (χ1) is 9.72. The van der Waals surface area contributed by atoms with Crippen molar-refractivity contribution in [3.05, 3.63) is 22.4 Å². The van der Waals surface area contributed by atoms with Crippen LogP contribution in [0.4, 0.5) is 9.59 Å². The van der Waals surface area contributed by atoms with Gasteiger partial charge in [-0.25, -0.2) is 14.5 Å². The highest BCUT2D eigenvalue weighted by Crippen LogP contribution is 2.26. The third kappa shape index (κ3) is 3.71. The minimum absolute atomic E-state index is 0.130. The zero-order valence-corrected chi connectivity index (χ0v) is 12.0. The van der Waals surface area contributed by atoms with Crippen molar-refractivity contribution in [2.75, 3.05) is 26.2 Å². The summed E-state index contributed by atoms with van der Waals surface area (Å²) in [4.78, 5) is 25.5.